The number of nitrogens with one attached hydrogen (secondary N) is 1. The molecule has 0 radical (unpaired) electrons. The van der Waals surface area contributed by atoms with E-state index in [2.05, 4.69) is 19.2 Å². The van der Waals surface area contributed by atoms with Gasteiger partial charge in [0.1, 0.15) is 11.4 Å². The molecule has 0 bridgehead atoms. The van der Waals surface area contributed by atoms with Crippen molar-refractivity contribution < 1.29 is 14.3 Å². The number of ether oxygens (including phenoxy) is 1. The highest BCUT2D eigenvalue weighted by Crippen LogP contribution is 2.31. The summed E-state index contributed by atoms with van der Waals surface area (Å²) in [7, 11) is 1.66. The number of amides is 3. The third kappa shape index (κ3) is 3.93. The van der Waals surface area contributed by atoms with Crippen molar-refractivity contribution in [2.24, 2.45) is 0 Å². The Morgan fingerprint density at radius 2 is 1.89 bits per heavy atom. The second-order valence-corrected chi connectivity index (χ2v) is 7.47. The normalized spacial score (nSPS) is 15.5. The van der Waals surface area contributed by atoms with Crippen LogP contribution in [-0.4, -0.2) is 23.9 Å². The summed E-state index contributed by atoms with van der Waals surface area (Å²) in [6.07, 6.45) is 1.75. The number of carbonyl (C=O) groups is 2. The van der Waals surface area contributed by atoms with Gasteiger partial charge in [-0.25, -0.2) is 4.79 Å². The monoisotopic (exact) mass is 378 g/mol. The molecule has 1 N–H and O–H groups in total. The molecule has 2 aromatic carbocycles. The minimum atomic E-state index is -0.395. The summed E-state index contributed by atoms with van der Waals surface area (Å²) < 4.78 is 5.48. The molecule has 0 aromatic heterocycles. The maximum absolute atomic E-state index is 12.8. The van der Waals surface area contributed by atoms with E-state index in [0.717, 1.165) is 33.6 Å². The van der Waals surface area contributed by atoms with Crippen LogP contribution in [0.2, 0.25) is 0 Å². The van der Waals surface area contributed by atoms with Gasteiger partial charge in [-0.3, -0.25) is 9.69 Å². The van der Waals surface area contributed by atoms with Crippen LogP contribution >= 0.6 is 0 Å². The lowest BCUT2D eigenvalue weighted by Crippen LogP contribution is -2.30. The zero-order valence-electron chi connectivity index (χ0n) is 17.0. The third-order valence-corrected chi connectivity index (χ3v) is 4.93. The number of nitrogens with zero attached hydrogens (tertiary/aromatic N) is 1. The third-order valence-electron chi connectivity index (χ3n) is 4.93. The molecule has 0 aliphatic carbocycles. The fourth-order valence-electron chi connectivity index (χ4n) is 3.36. The number of benzene rings is 2. The molecule has 1 fully saturated rings. The van der Waals surface area contributed by atoms with Gasteiger partial charge in [0.05, 0.1) is 13.7 Å². The lowest BCUT2D eigenvalue weighted by Gasteiger charge is -2.15. The van der Waals surface area contributed by atoms with Crippen molar-refractivity contribution >= 4 is 18.0 Å². The standard InChI is InChI=1S/C23H26N2O3/c1-14(2)19-11-18(16(4)10-21(19)28-5)12-20-22(26)25(23(27)24-20)13-17-8-6-7-15(3)9-17/h6-12,14H,13H2,1-5H3,(H,24,27)/b20-12-. The molecule has 1 aliphatic rings. The molecule has 0 saturated carbocycles. The molecule has 5 nitrogen and oxygen atoms in total. The number of aryl methyl sites for hydroxylation is 2. The highest BCUT2D eigenvalue weighted by Gasteiger charge is 2.33. The molecule has 3 amide bonds. The van der Waals surface area contributed by atoms with Gasteiger partial charge in [-0.05, 0) is 60.2 Å². The van der Waals surface area contributed by atoms with E-state index >= 15 is 0 Å². The van der Waals surface area contributed by atoms with E-state index in [1.807, 2.05) is 50.2 Å². The fraction of sp³-hybridized carbons (Fsp3) is 0.304. The Morgan fingerprint density at radius 3 is 2.54 bits per heavy atom. The van der Waals surface area contributed by atoms with E-state index in [9.17, 15) is 9.59 Å². The Balaban J connectivity index is 1.90. The summed E-state index contributed by atoms with van der Waals surface area (Å²) in [5, 5.41) is 2.71. The van der Waals surface area contributed by atoms with Crippen LogP contribution in [0.15, 0.2) is 42.1 Å². The first-order valence-corrected chi connectivity index (χ1v) is 9.38. The van der Waals surface area contributed by atoms with Gasteiger partial charge in [-0.15, -0.1) is 0 Å². The van der Waals surface area contributed by atoms with Crippen molar-refractivity contribution in [1.82, 2.24) is 10.2 Å². The van der Waals surface area contributed by atoms with Crippen molar-refractivity contribution in [3.63, 3.8) is 0 Å². The Kier molecular flexibility index (Phi) is 5.54. The van der Waals surface area contributed by atoms with Gasteiger partial charge < -0.3 is 10.1 Å². The van der Waals surface area contributed by atoms with Crippen molar-refractivity contribution in [2.45, 2.75) is 40.2 Å². The van der Waals surface area contributed by atoms with E-state index < -0.39 is 6.03 Å². The Labute approximate surface area is 166 Å². The van der Waals surface area contributed by atoms with Gasteiger partial charge in [-0.1, -0.05) is 43.7 Å². The van der Waals surface area contributed by atoms with Crippen LogP contribution in [0, 0.1) is 13.8 Å². The number of urea groups is 1. The maximum Gasteiger partial charge on any atom is 0.329 e. The van der Waals surface area contributed by atoms with E-state index in [0.29, 0.717) is 5.70 Å². The lowest BCUT2D eigenvalue weighted by atomic mass is 9.96. The zero-order chi connectivity index (χ0) is 20.4. The van der Waals surface area contributed by atoms with Gasteiger partial charge in [-0.2, -0.15) is 0 Å². The second-order valence-electron chi connectivity index (χ2n) is 7.47. The molecule has 3 rings (SSSR count). The lowest BCUT2D eigenvalue weighted by molar-refractivity contribution is -0.123. The topological polar surface area (TPSA) is 58.6 Å². The minimum absolute atomic E-state index is 0.253. The van der Waals surface area contributed by atoms with Crippen LogP contribution in [0.3, 0.4) is 0 Å². The van der Waals surface area contributed by atoms with Crippen molar-refractivity contribution in [1.29, 1.82) is 0 Å². The summed E-state index contributed by atoms with van der Waals surface area (Å²) in [5.41, 5.74) is 5.25. The predicted molar refractivity (Wildman–Crippen MR) is 110 cm³/mol. The SMILES string of the molecule is COc1cc(C)c(/C=C2\NC(=O)N(Cc3cccc(C)c3)C2=O)cc1C(C)C. The highest BCUT2D eigenvalue weighted by atomic mass is 16.5. The first kappa shape index (κ1) is 19.7. The molecule has 2 aromatic rings. The maximum atomic E-state index is 12.8. The number of methoxy groups -OCH3 is 1. The molecular formula is C23H26N2O3. The van der Waals surface area contributed by atoms with Gasteiger partial charge in [0.15, 0.2) is 0 Å². The number of imide groups is 1. The van der Waals surface area contributed by atoms with E-state index in [1.165, 1.54) is 4.90 Å². The average molecular weight is 378 g/mol. The summed E-state index contributed by atoms with van der Waals surface area (Å²) in [6, 6.07) is 11.4. The summed E-state index contributed by atoms with van der Waals surface area (Å²) in [5.74, 6) is 0.796. The van der Waals surface area contributed by atoms with Crippen LogP contribution in [0.5, 0.6) is 5.75 Å². The van der Waals surface area contributed by atoms with Crippen LogP contribution < -0.4 is 10.1 Å². The molecule has 5 heteroatoms. The number of hydrogen-bond donors (Lipinski definition) is 1. The van der Waals surface area contributed by atoms with Gasteiger partial charge >= 0.3 is 6.03 Å². The van der Waals surface area contributed by atoms with Crippen LogP contribution in [0.1, 0.15) is 47.6 Å². The smallest absolute Gasteiger partial charge is 0.329 e. The largest absolute Gasteiger partial charge is 0.496 e. The molecule has 1 saturated heterocycles. The Bertz CT molecular complexity index is 960. The van der Waals surface area contributed by atoms with Crippen molar-refractivity contribution in [3.8, 4) is 5.75 Å². The molecule has 0 atom stereocenters. The molecule has 28 heavy (non-hydrogen) atoms. The Hall–Kier alpha value is -3.08. The zero-order valence-corrected chi connectivity index (χ0v) is 17.0. The highest BCUT2D eigenvalue weighted by molar-refractivity contribution is 6.14. The molecule has 0 spiro atoms. The molecular weight excluding hydrogens is 352 g/mol. The number of rotatable bonds is 5. The van der Waals surface area contributed by atoms with Crippen molar-refractivity contribution in [3.05, 3.63) is 69.9 Å². The quantitative estimate of drug-likeness (QED) is 0.614. The van der Waals surface area contributed by atoms with E-state index in [1.54, 1.807) is 13.2 Å². The number of hydrogen-bond acceptors (Lipinski definition) is 3. The average Bonchev–Trinajstić information content (AvgIpc) is 2.90. The van der Waals surface area contributed by atoms with Crippen LogP contribution in [-0.2, 0) is 11.3 Å². The van der Waals surface area contributed by atoms with Crippen LogP contribution in [0.25, 0.3) is 6.08 Å². The van der Waals surface area contributed by atoms with Gasteiger partial charge in [0.2, 0.25) is 0 Å². The van der Waals surface area contributed by atoms with Gasteiger partial charge in [0.25, 0.3) is 5.91 Å². The second kappa shape index (κ2) is 7.89. The first-order valence-electron chi connectivity index (χ1n) is 9.38. The summed E-state index contributed by atoms with van der Waals surface area (Å²) in [4.78, 5) is 26.4. The molecule has 0 unspecified atom stereocenters. The molecule has 1 heterocycles. The van der Waals surface area contributed by atoms with Crippen molar-refractivity contribution in [2.75, 3.05) is 7.11 Å². The van der Waals surface area contributed by atoms with E-state index in [4.69, 9.17) is 4.74 Å². The molecule has 1 aliphatic heterocycles. The van der Waals surface area contributed by atoms with Crippen LogP contribution in [0.4, 0.5) is 4.79 Å². The Morgan fingerprint density at radius 1 is 1.14 bits per heavy atom. The number of carbonyl (C=O) groups excluding carboxylic acids is 2. The minimum Gasteiger partial charge on any atom is -0.496 e. The van der Waals surface area contributed by atoms with E-state index in [-0.39, 0.29) is 18.4 Å². The fourth-order valence-corrected chi connectivity index (χ4v) is 3.36. The molecule has 146 valence electrons. The summed E-state index contributed by atoms with van der Waals surface area (Å²) in [6.45, 7) is 8.39. The summed E-state index contributed by atoms with van der Waals surface area (Å²) >= 11 is 0. The first-order chi connectivity index (χ1) is 13.3. The predicted octanol–water partition coefficient (Wildman–Crippen LogP) is 4.53. The van der Waals surface area contributed by atoms with Gasteiger partial charge in [0, 0.05) is 0 Å².